The van der Waals surface area contributed by atoms with Gasteiger partial charge < -0.3 is 20.6 Å². The van der Waals surface area contributed by atoms with Gasteiger partial charge in [0, 0.05) is 6.54 Å². The SMILES string of the molecule is CCCCOc1nc(N)c2[nH]c(=O)n(CCCc3cccc(CC(=O)O)c3)c2n1. The fraction of sp³-hybridized carbons (Fsp3) is 0.400. The maximum Gasteiger partial charge on any atom is 0.327 e. The number of nitrogens with zero attached hydrogens (tertiary/aromatic N) is 3. The summed E-state index contributed by atoms with van der Waals surface area (Å²) in [6.45, 7) is 2.98. The minimum Gasteiger partial charge on any atom is -0.481 e. The highest BCUT2D eigenvalue weighted by Crippen LogP contribution is 2.18. The number of rotatable bonds is 10. The van der Waals surface area contributed by atoms with E-state index < -0.39 is 5.97 Å². The van der Waals surface area contributed by atoms with Crippen molar-refractivity contribution in [1.82, 2.24) is 19.5 Å². The predicted octanol–water partition coefficient (Wildman–Crippen LogP) is 2.14. The number of nitrogens with one attached hydrogen (secondary N) is 1. The highest BCUT2D eigenvalue weighted by molar-refractivity contribution is 5.81. The maximum atomic E-state index is 12.4. The first-order valence-corrected chi connectivity index (χ1v) is 9.66. The van der Waals surface area contributed by atoms with Gasteiger partial charge in [-0.05, 0) is 30.4 Å². The number of benzene rings is 1. The molecule has 2 heterocycles. The summed E-state index contributed by atoms with van der Waals surface area (Å²) in [5, 5.41) is 8.93. The lowest BCUT2D eigenvalue weighted by atomic mass is 10.0. The van der Waals surface area contributed by atoms with Crippen LogP contribution in [0.2, 0.25) is 0 Å². The van der Waals surface area contributed by atoms with Crippen molar-refractivity contribution in [3.8, 4) is 6.01 Å². The Kier molecular flexibility index (Phi) is 6.48. The fourth-order valence-corrected chi connectivity index (χ4v) is 3.12. The molecule has 0 bridgehead atoms. The molecule has 0 aliphatic heterocycles. The Bertz CT molecular complexity index is 1060. The van der Waals surface area contributed by atoms with Crippen molar-refractivity contribution in [3.63, 3.8) is 0 Å². The van der Waals surface area contributed by atoms with Crippen LogP contribution in [0.5, 0.6) is 6.01 Å². The van der Waals surface area contributed by atoms with Crippen LogP contribution in [0.25, 0.3) is 11.2 Å². The number of hydrogen-bond donors (Lipinski definition) is 3. The van der Waals surface area contributed by atoms with Crippen molar-refractivity contribution in [2.24, 2.45) is 0 Å². The molecule has 3 rings (SSSR count). The molecule has 0 spiro atoms. The molecule has 9 nitrogen and oxygen atoms in total. The first-order chi connectivity index (χ1) is 14.0. The summed E-state index contributed by atoms with van der Waals surface area (Å²) >= 11 is 0. The van der Waals surface area contributed by atoms with Crippen LogP contribution in [0.15, 0.2) is 29.1 Å². The number of imidazole rings is 1. The summed E-state index contributed by atoms with van der Waals surface area (Å²) in [4.78, 5) is 34.4. The van der Waals surface area contributed by atoms with E-state index in [0.29, 0.717) is 37.2 Å². The normalized spacial score (nSPS) is 11.1. The molecule has 0 saturated heterocycles. The standard InChI is InChI=1S/C20H25N5O4/c1-2-3-10-29-19-23-17(21)16-18(24-19)25(20(28)22-16)9-5-8-13-6-4-7-14(11-13)12-15(26)27/h4,6-7,11H,2-3,5,8-10,12H2,1H3,(H,22,28)(H,26,27)(H2,21,23,24). The van der Waals surface area contributed by atoms with Crippen molar-refractivity contribution in [2.45, 2.75) is 45.6 Å². The van der Waals surface area contributed by atoms with E-state index in [1.54, 1.807) is 6.07 Å². The van der Waals surface area contributed by atoms with Gasteiger partial charge in [-0.1, -0.05) is 37.6 Å². The minimum atomic E-state index is -0.860. The second-order valence-electron chi connectivity index (χ2n) is 6.87. The van der Waals surface area contributed by atoms with Crippen LogP contribution < -0.4 is 16.2 Å². The molecular weight excluding hydrogens is 374 g/mol. The molecule has 0 atom stereocenters. The molecule has 1 aromatic carbocycles. The third-order valence-electron chi connectivity index (χ3n) is 4.55. The number of carboxylic acid groups (broad SMARTS) is 1. The zero-order chi connectivity index (χ0) is 20.8. The Morgan fingerprint density at radius 2 is 2.07 bits per heavy atom. The van der Waals surface area contributed by atoms with Gasteiger partial charge in [0.1, 0.15) is 5.52 Å². The molecule has 0 fully saturated rings. The average Bonchev–Trinajstić information content (AvgIpc) is 2.98. The van der Waals surface area contributed by atoms with Gasteiger partial charge in [-0.25, -0.2) is 4.79 Å². The highest BCUT2D eigenvalue weighted by Gasteiger charge is 2.14. The highest BCUT2D eigenvalue weighted by atomic mass is 16.5. The molecule has 2 aromatic heterocycles. The number of aryl methyl sites for hydroxylation is 2. The summed E-state index contributed by atoms with van der Waals surface area (Å²) in [5.74, 6) is -0.680. The third-order valence-corrected chi connectivity index (χ3v) is 4.55. The van der Waals surface area contributed by atoms with Crippen LogP contribution in [0.1, 0.15) is 37.3 Å². The maximum absolute atomic E-state index is 12.4. The van der Waals surface area contributed by atoms with Gasteiger partial charge in [0.2, 0.25) is 0 Å². The zero-order valence-corrected chi connectivity index (χ0v) is 16.4. The number of anilines is 1. The quantitative estimate of drug-likeness (QED) is 0.444. The van der Waals surface area contributed by atoms with E-state index in [2.05, 4.69) is 21.9 Å². The molecule has 0 aliphatic rings. The minimum absolute atomic E-state index is 0.00719. The van der Waals surface area contributed by atoms with E-state index in [9.17, 15) is 9.59 Å². The lowest BCUT2D eigenvalue weighted by Gasteiger charge is -2.07. The van der Waals surface area contributed by atoms with Crippen LogP contribution in [-0.2, 0) is 24.2 Å². The molecule has 9 heteroatoms. The number of H-pyrrole nitrogens is 1. The van der Waals surface area contributed by atoms with E-state index in [1.165, 1.54) is 4.57 Å². The van der Waals surface area contributed by atoms with E-state index in [-0.39, 0.29) is 23.9 Å². The van der Waals surface area contributed by atoms with Crippen LogP contribution in [0.4, 0.5) is 5.82 Å². The summed E-state index contributed by atoms with van der Waals surface area (Å²) in [5.41, 5.74) is 8.27. The van der Waals surface area contributed by atoms with Gasteiger partial charge in [-0.15, -0.1) is 0 Å². The van der Waals surface area contributed by atoms with Crippen LogP contribution in [0.3, 0.4) is 0 Å². The van der Waals surface area contributed by atoms with Gasteiger partial charge in [0.25, 0.3) is 0 Å². The molecule has 154 valence electrons. The van der Waals surface area contributed by atoms with E-state index in [0.717, 1.165) is 24.0 Å². The van der Waals surface area contributed by atoms with Crippen LogP contribution in [0, 0.1) is 0 Å². The second-order valence-corrected chi connectivity index (χ2v) is 6.87. The van der Waals surface area contributed by atoms with Gasteiger partial charge >= 0.3 is 17.7 Å². The largest absolute Gasteiger partial charge is 0.481 e. The number of carbonyl (C=O) groups is 1. The summed E-state index contributed by atoms with van der Waals surface area (Å²) in [7, 11) is 0. The number of carboxylic acids is 1. The number of aromatic amines is 1. The van der Waals surface area contributed by atoms with Gasteiger partial charge in [-0.2, -0.15) is 9.97 Å². The van der Waals surface area contributed by atoms with Crippen molar-refractivity contribution >= 4 is 23.0 Å². The molecule has 0 radical (unpaired) electrons. The molecule has 4 N–H and O–H groups in total. The number of fused-ring (bicyclic) bond motifs is 1. The van der Waals surface area contributed by atoms with E-state index in [1.807, 2.05) is 18.2 Å². The lowest BCUT2D eigenvalue weighted by Crippen LogP contribution is -2.17. The number of ether oxygens (including phenoxy) is 1. The fourth-order valence-electron chi connectivity index (χ4n) is 3.12. The first kappa shape index (κ1) is 20.4. The molecule has 29 heavy (non-hydrogen) atoms. The van der Waals surface area contributed by atoms with Gasteiger partial charge in [0.15, 0.2) is 11.5 Å². The van der Waals surface area contributed by atoms with E-state index >= 15 is 0 Å². The Labute approximate surface area is 167 Å². The van der Waals surface area contributed by atoms with Crippen molar-refractivity contribution in [2.75, 3.05) is 12.3 Å². The molecule has 0 amide bonds. The van der Waals surface area contributed by atoms with Crippen molar-refractivity contribution in [1.29, 1.82) is 0 Å². The van der Waals surface area contributed by atoms with E-state index in [4.69, 9.17) is 15.6 Å². The predicted molar refractivity (Wildman–Crippen MR) is 109 cm³/mol. The smallest absolute Gasteiger partial charge is 0.327 e. The topological polar surface area (TPSA) is 136 Å². The number of nitrogens with two attached hydrogens (primary N) is 1. The second kappa shape index (κ2) is 9.22. The molecule has 0 aliphatic carbocycles. The number of aromatic nitrogens is 4. The Hall–Kier alpha value is -3.36. The van der Waals surface area contributed by atoms with Crippen LogP contribution >= 0.6 is 0 Å². The Morgan fingerprint density at radius 1 is 1.28 bits per heavy atom. The Balaban J connectivity index is 1.73. The average molecular weight is 399 g/mol. The number of hydrogen-bond acceptors (Lipinski definition) is 6. The van der Waals surface area contributed by atoms with Gasteiger partial charge in [-0.3, -0.25) is 9.36 Å². The number of unbranched alkanes of at least 4 members (excludes halogenated alkanes) is 1. The summed E-state index contributed by atoms with van der Waals surface area (Å²) in [6, 6.07) is 7.63. The lowest BCUT2D eigenvalue weighted by molar-refractivity contribution is -0.136. The molecular formula is C20H25N5O4. The zero-order valence-electron chi connectivity index (χ0n) is 16.4. The molecule has 0 unspecified atom stereocenters. The Morgan fingerprint density at radius 3 is 2.83 bits per heavy atom. The number of nitrogen functional groups attached to an aromatic ring is 1. The van der Waals surface area contributed by atoms with Crippen molar-refractivity contribution < 1.29 is 14.6 Å². The van der Waals surface area contributed by atoms with Crippen LogP contribution in [-0.4, -0.2) is 37.2 Å². The summed E-state index contributed by atoms with van der Waals surface area (Å²) < 4.78 is 7.07. The monoisotopic (exact) mass is 399 g/mol. The molecule has 0 saturated carbocycles. The summed E-state index contributed by atoms with van der Waals surface area (Å²) in [6.07, 6.45) is 3.24. The van der Waals surface area contributed by atoms with Gasteiger partial charge in [0.05, 0.1) is 13.0 Å². The number of aliphatic carboxylic acids is 1. The van der Waals surface area contributed by atoms with Crippen molar-refractivity contribution in [3.05, 3.63) is 45.9 Å². The third kappa shape index (κ3) is 5.13. The molecule has 3 aromatic rings. The first-order valence-electron chi connectivity index (χ1n) is 9.66.